The van der Waals surface area contributed by atoms with Gasteiger partial charge in [-0.2, -0.15) is 0 Å². The van der Waals surface area contributed by atoms with Crippen molar-refractivity contribution < 1.29 is 0 Å². The number of hydrogen-bond acceptors (Lipinski definition) is 2. The molecular weight excluding hydrogens is 208 g/mol. The maximum Gasteiger partial charge on any atom is 0.0337 e. The van der Waals surface area contributed by atoms with Gasteiger partial charge in [-0.1, -0.05) is 27.2 Å². The number of hydrogen-bond donors (Lipinski definition) is 1. The summed E-state index contributed by atoms with van der Waals surface area (Å²) in [5.41, 5.74) is 6.48. The van der Waals surface area contributed by atoms with Crippen molar-refractivity contribution in [1.82, 2.24) is 4.90 Å². The van der Waals surface area contributed by atoms with Crippen molar-refractivity contribution >= 4 is 0 Å². The molecule has 0 radical (unpaired) electrons. The molecule has 0 aromatic heterocycles. The van der Waals surface area contributed by atoms with Gasteiger partial charge in [0.15, 0.2) is 0 Å². The summed E-state index contributed by atoms with van der Waals surface area (Å²) in [6.07, 6.45) is 6.84. The number of nitrogens with two attached hydrogens (primary N) is 1. The van der Waals surface area contributed by atoms with Gasteiger partial charge in [0.05, 0.1) is 0 Å². The number of rotatable bonds is 5. The molecule has 2 nitrogen and oxygen atoms in total. The Hall–Kier alpha value is -0.0800. The molecular formula is C15H30N2. The lowest BCUT2D eigenvalue weighted by Gasteiger charge is -2.54. The van der Waals surface area contributed by atoms with E-state index < -0.39 is 0 Å². The van der Waals surface area contributed by atoms with Gasteiger partial charge < -0.3 is 5.73 Å². The van der Waals surface area contributed by atoms with Gasteiger partial charge in [0.25, 0.3) is 0 Å². The maximum absolute atomic E-state index is 6.09. The molecule has 0 amide bonds. The zero-order valence-electron chi connectivity index (χ0n) is 11.9. The second kappa shape index (κ2) is 5.27. The first-order valence-electron chi connectivity index (χ1n) is 7.56. The first-order chi connectivity index (χ1) is 8.11. The van der Waals surface area contributed by atoms with E-state index in [9.17, 15) is 0 Å². The van der Waals surface area contributed by atoms with Gasteiger partial charge in [-0.25, -0.2) is 0 Å². The summed E-state index contributed by atoms with van der Waals surface area (Å²) in [5, 5.41) is 0. The van der Waals surface area contributed by atoms with Crippen LogP contribution in [0.2, 0.25) is 0 Å². The highest BCUT2D eigenvalue weighted by Crippen LogP contribution is 2.47. The minimum absolute atomic E-state index is 0.386. The molecule has 0 aromatic rings. The molecule has 0 spiro atoms. The fraction of sp³-hybridized carbons (Fsp3) is 1.00. The van der Waals surface area contributed by atoms with E-state index in [2.05, 4.69) is 25.7 Å². The van der Waals surface area contributed by atoms with E-state index in [-0.39, 0.29) is 0 Å². The van der Waals surface area contributed by atoms with Crippen molar-refractivity contribution in [3.05, 3.63) is 0 Å². The number of likely N-dealkylation sites (tertiary alicyclic amines) is 1. The van der Waals surface area contributed by atoms with Gasteiger partial charge in [-0.05, 0) is 50.0 Å². The van der Waals surface area contributed by atoms with E-state index in [0.29, 0.717) is 5.54 Å². The summed E-state index contributed by atoms with van der Waals surface area (Å²) in [4.78, 5) is 2.73. The number of nitrogens with zero attached hydrogens (tertiary/aromatic N) is 1. The van der Waals surface area contributed by atoms with Gasteiger partial charge in [-0.15, -0.1) is 0 Å². The van der Waals surface area contributed by atoms with Crippen molar-refractivity contribution in [2.75, 3.05) is 19.6 Å². The molecule has 2 aliphatic rings. The highest BCUT2D eigenvalue weighted by molar-refractivity contribution is 5.05. The highest BCUT2D eigenvalue weighted by Gasteiger charge is 2.49. The van der Waals surface area contributed by atoms with Crippen LogP contribution in [0.4, 0.5) is 0 Å². The van der Waals surface area contributed by atoms with Crippen LogP contribution in [0.3, 0.4) is 0 Å². The molecule has 1 atom stereocenters. The molecule has 17 heavy (non-hydrogen) atoms. The molecule has 2 N–H and O–H groups in total. The van der Waals surface area contributed by atoms with Crippen molar-refractivity contribution in [1.29, 1.82) is 0 Å². The van der Waals surface area contributed by atoms with E-state index in [0.717, 1.165) is 24.3 Å². The Balaban J connectivity index is 1.89. The van der Waals surface area contributed by atoms with Crippen LogP contribution in [-0.4, -0.2) is 30.1 Å². The fourth-order valence-corrected chi connectivity index (χ4v) is 3.85. The SMILES string of the molecule is CCCC1CCN(C2(CN)CC(C(C)C)C2)C1. The third kappa shape index (κ3) is 2.53. The van der Waals surface area contributed by atoms with E-state index in [1.807, 2.05) is 0 Å². The van der Waals surface area contributed by atoms with Crippen LogP contribution >= 0.6 is 0 Å². The van der Waals surface area contributed by atoms with E-state index in [1.165, 1.54) is 45.2 Å². The van der Waals surface area contributed by atoms with Crippen molar-refractivity contribution in [2.45, 2.75) is 58.4 Å². The van der Waals surface area contributed by atoms with Crippen molar-refractivity contribution in [2.24, 2.45) is 23.5 Å². The largest absolute Gasteiger partial charge is 0.329 e. The van der Waals surface area contributed by atoms with Crippen LogP contribution in [0.15, 0.2) is 0 Å². The van der Waals surface area contributed by atoms with Gasteiger partial charge in [0.2, 0.25) is 0 Å². The second-order valence-electron chi connectivity index (χ2n) is 6.73. The van der Waals surface area contributed by atoms with Gasteiger partial charge in [0.1, 0.15) is 0 Å². The third-order valence-corrected chi connectivity index (χ3v) is 5.26. The smallest absolute Gasteiger partial charge is 0.0337 e. The van der Waals surface area contributed by atoms with Gasteiger partial charge in [0, 0.05) is 18.6 Å². The summed E-state index contributed by atoms with van der Waals surface area (Å²) in [6.45, 7) is 10.5. The lowest BCUT2D eigenvalue weighted by molar-refractivity contribution is -0.0235. The standard InChI is InChI=1S/C15H30N2/c1-4-5-13-6-7-17(10-13)15(11-16)8-14(9-15)12(2)3/h12-14H,4-11,16H2,1-3H3. The Labute approximate surface area is 107 Å². The first-order valence-corrected chi connectivity index (χ1v) is 7.56. The third-order valence-electron chi connectivity index (χ3n) is 5.26. The minimum Gasteiger partial charge on any atom is -0.329 e. The molecule has 0 aromatic carbocycles. The molecule has 1 unspecified atom stereocenters. The molecule has 1 saturated heterocycles. The van der Waals surface area contributed by atoms with Crippen LogP contribution in [0.1, 0.15) is 52.9 Å². The summed E-state index contributed by atoms with van der Waals surface area (Å²) >= 11 is 0. The molecule has 100 valence electrons. The molecule has 2 heteroatoms. The quantitative estimate of drug-likeness (QED) is 0.798. The molecule has 0 bridgehead atoms. The molecule has 1 aliphatic heterocycles. The Bertz CT molecular complexity index is 243. The molecule has 2 rings (SSSR count). The van der Waals surface area contributed by atoms with Crippen LogP contribution in [0, 0.1) is 17.8 Å². The van der Waals surface area contributed by atoms with Crippen LogP contribution < -0.4 is 5.73 Å². The first kappa shape index (κ1) is 13.4. The predicted octanol–water partition coefficient (Wildman–Crippen LogP) is 2.87. The molecule has 1 aliphatic carbocycles. The Morgan fingerprint density at radius 3 is 2.59 bits per heavy atom. The monoisotopic (exact) mass is 238 g/mol. The van der Waals surface area contributed by atoms with E-state index in [4.69, 9.17) is 5.73 Å². The lowest BCUT2D eigenvalue weighted by atomic mass is 9.63. The summed E-state index contributed by atoms with van der Waals surface area (Å²) in [5.74, 6) is 2.70. The Kier molecular flexibility index (Phi) is 4.14. The van der Waals surface area contributed by atoms with Crippen LogP contribution in [-0.2, 0) is 0 Å². The predicted molar refractivity (Wildman–Crippen MR) is 73.9 cm³/mol. The fourth-order valence-electron chi connectivity index (χ4n) is 3.85. The second-order valence-corrected chi connectivity index (χ2v) is 6.73. The summed E-state index contributed by atoms with van der Waals surface area (Å²) in [7, 11) is 0. The average molecular weight is 238 g/mol. The van der Waals surface area contributed by atoms with Crippen LogP contribution in [0.25, 0.3) is 0 Å². The van der Waals surface area contributed by atoms with Crippen molar-refractivity contribution in [3.8, 4) is 0 Å². The Morgan fingerprint density at radius 1 is 1.35 bits per heavy atom. The van der Waals surface area contributed by atoms with E-state index in [1.54, 1.807) is 0 Å². The topological polar surface area (TPSA) is 29.3 Å². The maximum atomic E-state index is 6.09. The highest BCUT2D eigenvalue weighted by atomic mass is 15.2. The average Bonchev–Trinajstić information content (AvgIpc) is 2.66. The lowest BCUT2D eigenvalue weighted by Crippen LogP contribution is -2.61. The molecule has 2 fully saturated rings. The molecule has 1 saturated carbocycles. The Morgan fingerprint density at radius 2 is 2.06 bits per heavy atom. The molecule has 1 heterocycles. The van der Waals surface area contributed by atoms with Gasteiger partial charge >= 0.3 is 0 Å². The van der Waals surface area contributed by atoms with Crippen LogP contribution in [0.5, 0.6) is 0 Å². The zero-order chi connectivity index (χ0) is 12.5. The van der Waals surface area contributed by atoms with E-state index >= 15 is 0 Å². The van der Waals surface area contributed by atoms with Gasteiger partial charge in [-0.3, -0.25) is 4.90 Å². The van der Waals surface area contributed by atoms with Crippen molar-refractivity contribution in [3.63, 3.8) is 0 Å². The summed E-state index contributed by atoms with van der Waals surface area (Å²) in [6, 6.07) is 0. The minimum atomic E-state index is 0.386. The zero-order valence-corrected chi connectivity index (χ0v) is 11.9. The summed E-state index contributed by atoms with van der Waals surface area (Å²) < 4.78 is 0. The normalized spacial score (nSPS) is 38.6.